The van der Waals surface area contributed by atoms with Gasteiger partial charge in [0.05, 0.1) is 21.1 Å². The number of nitrogens with one attached hydrogen (secondary N) is 1. The van der Waals surface area contributed by atoms with E-state index in [9.17, 15) is 10.1 Å². The lowest BCUT2D eigenvalue weighted by Crippen LogP contribution is -2.10. The number of carbonyl (C=O) groups is 1. The summed E-state index contributed by atoms with van der Waals surface area (Å²) in [5, 5.41) is 18.5. The first-order valence-corrected chi connectivity index (χ1v) is 9.66. The number of nitrogens with zero attached hydrogens (tertiary/aromatic N) is 2. The smallest absolute Gasteiger partial charge is 0.341 e. The van der Waals surface area contributed by atoms with Crippen LogP contribution in [0.5, 0.6) is 5.75 Å². The third-order valence-electron chi connectivity index (χ3n) is 3.69. The number of ether oxygens (including phenoxy) is 1. The number of aliphatic carboxylic acids is 1. The van der Waals surface area contributed by atoms with Crippen LogP contribution >= 0.6 is 38.5 Å². The number of aryl methyl sites for hydroxylation is 1. The molecule has 0 spiro atoms. The molecule has 2 N–H and O–H groups in total. The Balaban J connectivity index is 2.09. The van der Waals surface area contributed by atoms with Crippen LogP contribution in [0.4, 0.5) is 0 Å². The van der Waals surface area contributed by atoms with Crippen LogP contribution in [0, 0.1) is 21.8 Å². The number of fused-ring (bicyclic) bond motifs is 1. The van der Waals surface area contributed by atoms with Crippen LogP contribution in [0.1, 0.15) is 17.0 Å². The van der Waals surface area contributed by atoms with Crippen LogP contribution < -0.4 is 4.74 Å². The number of hydrogen-bond donors (Lipinski definition) is 2. The number of benzene rings is 2. The molecule has 2 aromatic carbocycles. The number of H-pyrrole nitrogens is 1. The Hall–Kier alpha value is -2.38. The summed E-state index contributed by atoms with van der Waals surface area (Å²) in [6.45, 7) is 1.50. The molecule has 27 heavy (non-hydrogen) atoms. The van der Waals surface area contributed by atoms with Gasteiger partial charge in [-0.1, -0.05) is 6.07 Å². The number of rotatable bonds is 5. The number of halogens is 2. The van der Waals surface area contributed by atoms with E-state index >= 15 is 0 Å². The third kappa shape index (κ3) is 4.48. The van der Waals surface area contributed by atoms with Gasteiger partial charge in [0.1, 0.15) is 17.6 Å². The van der Waals surface area contributed by atoms with Crippen LogP contribution in [0.2, 0.25) is 0 Å². The van der Waals surface area contributed by atoms with Crippen LogP contribution in [-0.4, -0.2) is 27.7 Å². The van der Waals surface area contributed by atoms with Gasteiger partial charge in [-0.2, -0.15) is 5.26 Å². The summed E-state index contributed by atoms with van der Waals surface area (Å²) in [6.07, 6.45) is 1.63. The molecule has 6 nitrogen and oxygen atoms in total. The quantitative estimate of drug-likeness (QED) is 0.361. The molecule has 0 aliphatic heterocycles. The second-order valence-electron chi connectivity index (χ2n) is 5.76. The van der Waals surface area contributed by atoms with Crippen LogP contribution in [0.3, 0.4) is 0 Å². The topological polar surface area (TPSA) is 99.0 Å². The van der Waals surface area contributed by atoms with E-state index < -0.39 is 12.6 Å². The van der Waals surface area contributed by atoms with Crippen molar-refractivity contribution in [2.75, 3.05) is 6.61 Å². The fraction of sp³-hybridized carbons (Fsp3) is 0.105. The molecule has 136 valence electrons. The number of hydrogen-bond acceptors (Lipinski definition) is 4. The van der Waals surface area contributed by atoms with Gasteiger partial charge in [-0.15, -0.1) is 0 Å². The molecule has 0 aliphatic carbocycles. The zero-order valence-corrected chi connectivity index (χ0v) is 17.8. The van der Waals surface area contributed by atoms with E-state index in [1.54, 1.807) is 6.08 Å². The fourth-order valence-electron chi connectivity index (χ4n) is 2.53. The molecule has 8 heteroatoms. The van der Waals surface area contributed by atoms with Crippen molar-refractivity contribution < 1.29 is 14.6 Å². The summed E-state index contributed by atoms with van der Waals surface area (Å²) >= 11 is 5.53. The van der Waals surface area contributed by atoms with Gasteiger partial charge >= 0.3 is 5.97 Å². The minimum atomic E-state index is -1.08. The van der Waals surface area contributed by atoms with Gasteiger partial charge in [-0.3, -0.25) is 0 Å². The van der Waals surface area contributed by atoms with Gasteiger partial charge in [0.15, 0.2) is 6.61 Å². The lowest BCUT2D eigenvalue weighted by molar-refractivity contribution is -0.139. The molecule has 0 unspecified atom stereocenters. The summed E-state index contributed by atoms with van der Waals surface area (Å²) in [7, 11) is 0. The predicted molar refractivity (Wildman–Crippen MR) is 114 cm³/mol. The van der Waals surface area contributed by atoms with Gasteiger partial charge in [0.2, 0.25) is 0 Å². The predicted octanol–water partition coefficient (Wildman–Crippen LogP) is 4.77. The molecule has 0 amide bonds. The monoisotopic (exact) mass is 537 g/mol. The molecule has 3 aromatic rings. The normalized spacial score (nSPS) is 11.4. The Labute approximate surface area is 177 Å². The molecule has 1 aromatic heterocycles. The highest BCUT2D eigenvalue weighted by atomic mass is 127. The molecule has 0 radical (unpaired) electrons. The largest absolute Gasteiger partial charge is 0.480 e. The highest BCUT2D eigenvalue weighted by Crippen LogP contribution is 2.34. The minimum absolute atomic E-state index is 0.318. The van der Waals surface area contributed by atoms with Crippen molar-refractivity contribution in [3.05, 3.63) is 55.3 Å². The Morgan fingerprint density at radius 3 is 2.93 bits per heavy atom. The highest BCUT2D eigenvalue weighted by Gasteiger charge is 2.14. The van der Waals surface area contributed by atoms with Gasteiger partial charge < -0.3 is 14.8 Å². The van der Waals surface area contributed by atoms with E-state index in [1.165, 1.54) is 0 Å². The minimum Gasteiger partial charge on any atom is -0.480 e. The maximum absolute atomic E-state index is 10.9. The molecule has 3 rings (SSSR count). The van der Waals surface area contributed by atoms with Crippen molar-refractivity contribution in [1.82, 2.24) is 9.97 Å². The van der Waals surface area contributed by atoms with Gasteiger partial charge in [0, 0.05) is 9.13 Å². The van der Waals surface area contributed by atoms with Gasteiger partial charge in [-0.25, -0.2) is 9.78 Å². The molecule has 1 heterocycles. The van der Waals surface area contributed by atoms with E-state index in [-0.39, 0.29) is 0 Å². The fourth-order valence-corrected chi connectivity index (χ4v) is 4.20. The molecule has 0 aliphatic rings. The van der Waals surface area contributed by atoms with Crippen molar-refractivity contribution in [1.29, 1.82) is 5.26 Å². The number of nitriles is 1. The average molecular weight is 538 g/mol. The Kier molecular flexibility index (Phi) is 5.82. The van der Waals surface area contributed by atoms with Crippen molar-refractivity contribution in [3.63, 3.8) is 0 Å². The molecular formula is C19H13BrIN3O3. The number of carboxylic acids is 1. The number of allylic oxidation sites excluding steroid dienone is 1. The summed E-state index contributed by atoms with van der Waals surface area (Å²) in [5.41, 5.74) is 3.60. The van der Waals surface area contributed by atoms with Crippen molar-refractivity contribution >= 4 is 67.2 Å². The molecule has 0 fully saturated rings. The van der Waals surface area contributed by atoms with Crippen LogP contribution in [-0.2, 0) is 4.79 Å². The first-order valence-electron chi connectivity index (χ1n) is 7.79. The Bertz CT molecular complexity index is 1120. The highest BCUT2D eigenvalue weighted by molar-refractivity contribution is 14.1. The molecular weight excluding hydrogens is 525 g/mol. The van der Waals surface area contributed by atoms with E-state index in [0.29, 0.717) is 27.2 Å². The maximum Gasteiger partial charge on any atom is 0.341 e. The molecule has 0 atom stereocenters. The maximum atomic E-state index is 10.9. The van der Waals surface area contributed by atoms with Crippen molar-refractivity contribution in [2.24, 2.45) is 0 Å². The molecule has 0 bridgehead atoms. The SMILES string of the molecule is Cc1ccc2nc(/C(C#N)=C\c3cc(I)cc(Br)c3OCC(=O)O)[nH]c2c1. The Morgan fingerprint density at radius 2 is 2.22 bits per heavy atom. The van der Waals surface area contributed by atoms with Gasteiger partial charge in [0.25, 0.3) is 0 Å². The van der Waals surface area contributed by atoms with Crippen LogP contribution in [0.25, 0.3) is 22.7 Å². The van der Waals surface area contributed by atoms with E-state index in [2.05, 4.69) is 54.6 Å². The van der Waals surface area contributed by atoms with Crippen molar-refractivity contribution in [3.8, 4) is 11.8 Å². The first kappa shape index (κ1) is 19.4. The molecule has 0 saturated carbocycles. The average Bonchev–Trinajstić information content (AvgIpc) is 3.01. The van der Waals surface area contributed by atoms with E-state index in [4.69, 9.17) is 9.84 Å². The number of aromatic amines is 1. The van der Waals surface area contributed by atoms with E-state index in [1.807, 2.05) is 37.3 Å². The van der Waals surface area contributed by atoms with Gasteiger partial charge in [-0.05, 0) is 81.3 Å². The molecule has 0 saturated heterocycles. The zero-order chi connectivity index (χ0) is 19.6. The Morgan fingerprint density at radius 1 is 1.44 bits per heavy atom. The number of carboxylic acid groups (broad SMARTS) is 1. The summed E-state index contributed by atoms with van der Waals surface area (Å²) in [5.74, 6) is -0.279. The third-order valence-corrected chi connectivity index (χ3v) is 4.90. The lowest BCUT2D eigenvalue weighted by Gasteiger charge is -2.11. The van der Waals surface area contributed by atoms with E-state index in [0.717, 1.165) is 20.2 Å². The number of aromatic nitrogens is 2. The summed E-state index contributed by atoms with van der Waals surface area (Å²) < 4.78 is 6.92. The summed E-state index contributed by atoms with van der Waals surface area (Å²) in [4.78, 5) is 18.5. The van der Waals surface area contributed by atoms with Crippen molar-refractivity contribution in [2.45, 2.75) is 6.92 Å². The standard InChI is InChI=1S/C19H13BrIN3O3/c1-10-2-3-15-16(4-10)24-19(23-15)12(8-22)5-11-6-13(21)7-14(20)18(11)27-9-17(25)26/h2-7H,9H2,1H3,(H,23,24)(H,25,26)/b12-5-. The zero-order valence-electron chi connectivity index (χ0n) is 14.1. The number of imidazole rings is 1. The second kappa shape index (κ2) is 8.10. The van der Waals surface area contributed by atoms with Crippen LogP contribution in [0.15, 0.2) is 34.8 Å². The second-order valence-corrected chi connectivity index (χ2v) is 7.86. The first-order chi connectivity index (χ1) is 12.9. The lowest BCUT2D eigenvalue weighted by atomic mass is 10.1. The summed E-state index contributed by atoms with van der Waals surface area (Å²) in [6, 6.07) is 11.6.